The molecule has 2 rings (SSSR count). The summed E-state index contributed by atoms with van der Waals surface area (Å²) in [5.41, 5.74) is 0.875. The van der Waals surface area contributed by atoms with Crippen LogP contribution in [0.1, 0.15) is 24.8 Å². The second-order valence-corrected chi connectivity index (χ2v) is 4.96. The van der Waals surface area contributed by atoms with Crippen LogP contribution in [0.25, 0.3) is 0 Å². The van der Waals surface area contributed by atoms with Gasteiger partial charge in [-0.1, -0.05) is 30.3 Å². The molecule has 114 valence electrons. The smallest absolute Gasteiger partial charge is 0.407 e. The molecule has 1 fully saturated rings. The number of nitrogens with one attached hydrogen (secondary N) is 1. The minimum atomic E-state index is -0.973. The van der Waals surface area contributed by atoms with Gasteiger partial charge in [-0.3, -0.25) is 4.79 Å². The maximum atomic E-state index is 11.8. The van der Waals surface area contributed by atoms with Crippen LogP contribution < -0.4 is 5.32 Å². The molecule has 1 aliphatic heterocycles. The number of carboxylic acids is 1. The summed E-state index contributed by atoms with van der Waals surface area (Å²) in [4.78, 5) is 22.7. The van der Waals surface area contributed by atoms with Gasteiger partial charge in [0.2, 0.25) is 0 Å². The molecular formula is C15H19NO5. The fourth-order valence-electron chi connectivity index (χ4n) is 2.30. The van der Waals surface area contributed by atoms with Crippen molar-refractivity contribution in [2.24, 2.45) is 0 Å². The highest BCUT2D eigenvalue weighted by Gasteiger charge is 2.29. The van der Waals surface area contributed by atoms with Crippen molar-refractivity contribution >= 4 is 12.1 Å². The van der Waals surface area contributed by atoms with Crippen molar-refractivity contribution in [2.75, 3.05) is 6.61 Å². The van der Waals surface area contributed by atoms with Crippen molar-refractivity contribution in [1.29, 1.82) is 0 Å². The summed E-state index contributed by atoms with van der Waals surface area (Å²) < 4.78 is 10.5. The molecule has 6 nitrogen and oxygen atoms in total. The van der Waals surface area contributed by atoms with Gasteiger partial charge in [0.15, 0.2) is 0 Å². The zero-order chi connectivity index (χ0) is 15.1. The highest BCUT2D eigenvalue weighted by atomic mass is 16.5. The molecule has 0 radical (unpaired) electrons. The van der Waals surface area contributed by atoms with Gasteiger partial charge in [0.25, 0.3) is 0 Å². The van der Waals surface area contributed by atoms with Crippen LogP contribution in [0.2, 0.25) is 0 Å². The van der Waals surface area contributed by atoms with E-state index in [0.29, 0.717) is 6.61 Å². The molecule has 6 heteroatoms. The number of carboxylic acid groups (broad SMARTS) is 1. The lowest BCUT2D eigenvalue weighted by atomic mass is 10.1. The lowest BCUT2D eigenvalue weighted by Crippen LogP contribution is -2.44. The van der Waals surface area contributed by atoms with Crippen LogP contribution >= 0.6 is 0 Å². The zero-order valence-electron chi connectivity index (χ0n) is 11.7. The molecule has 0 bridgehead atoms. The molecule has 1 aromatic carbocycles. The second kappa shape index (κ2) is 7.64. The minimum Gasteiger partial charge on any atom is -0.481 e. The van der Waals surface area contributed by atoms with Crippen LogP contribution in [0.4, 0.5) is 4.79 Å². The van der Waals surface area contributed by atoms with Crippen molar-refractivity contribution in [3.63, 3.8) is 0 Å². The molecule has 0 aliphatic carbocycles. The number of amides is 1. The first kappa shape index (κ1) is 15.3. The number of hydrogen-bond acceptors (Lipinski definition) is 4. The van der Waals surface area contributed by atoms with Crippen molar-refractivity contribution in [2.45, 2.75) is 38.0 Å². The summed E-state index contributed by atoms with van der Waals surface area (Å²) in [6.07, 6.45) is 0.565. The Morgan fingerprint density at radius 3 is 2.76 bits per heavy atom. The molecule has 1 heterocycles. The first-order chi connectivity index (χ1) is 10.1. The molecule has 21 heavy (non-hydrogen) atoms. The Morgan fingerprint density at radius 2 is 2.14 bits per heavy atom. The van der Waals surface area contributed by atoms with Gasteiger partial charge >= 0.3 is 12.1 Å². The van der Waals surface area contributed by atoms with E-state index < -0.39 is 18.1 Å². The van der Waals surface area contributed by atoms with Gasteiger partial charge in [-0.25, -0.2) is 4.79 Å². The van der Waals surface area contributed by atoms with Crippen molar-refractivity contribution in [3.8, 4) is 0 Å². The summed E-state index contributed by atoms with van der Waals surface area (Å²) in [7, 11) is 0. The van der Waals surface area contributed by atoms with E-state index in [1.165, 1.54) is 0 Å². The van der Waals surface area contributed by atoms with E-state index in [9.17, 15) is 9.59 Å². The molecule has 1 saturated heterocycles. The first-order valence-electron chi connectivity index (χ1n) is 6.96. The molecule has 1 amide bonds. The molecule has 1 unspecified atom stereocenters. The number of hydrogen-bond donors (Lipinski definition) is 2. The maximum Gasteiger partial charge on any atom is 0.407 e. The third-order valence-corrected chi connectivity index (χ3v) is 3.32. The largest absolute Gasteiger partial charge is 0.481 e. The summed E-state index contributed by atoms with van der Waals surface area (Å²) in [5.74, 6) is -0.973. The van der Waals surface area contributed by atoms with Crippen LogP contribution in [0.15, 0.2) is 30.3 Å². The van der Waals surface area contributed by atoms with Crippen LogP contribution in [0.3, 0.4) is 0 Å². The molecular weight excluding hydrogens is 274 g/mol. The SMILES string of the molecule is O=C(O)C[C@H](NC(=O)OCc1ccccc1)C1CCCO1. The number of ether oxygens (including phenoxy) is 2. The predicted molar refractivity (Wildman–Crippen MR) is 74.8 cm³/mol. The number of carbonyl (C=O) groups excluding carboxylic acids is 1. The van der Waals surface area contributed by atoms with Gasteiger partial charge in [0.05, 0.1) is 18.6 Å². The van der Waals surface area contributed by atoms with Crippen molar-refractivity contribution in [1.82, 2.24) is 5.32 Å². The number of rotatable bonds is 6. The first-order valence-corrected chi connectivity index (χ1v) is 6.96. The zero-order valence-corrected chi connectivity index (χ0v) is 11.7. The topological polar surface area (TPSA) is 84.9 Å². The Labute approximate surface area is 123 Å². The Hall–Kier alpha value is -2.08. The predicted octanol–water partition coefficient (Wildman–Crippen LogP) is 1.94. The third-order valence-electron chi connectivity index (χ3n) is 3.32. The van der Waals surface area contributed by atoms with E-state index in [0.717, 1.165) is 18.4 Å². The number of alkyl carbamates (subject to hydrolysis) is 1. The summed E-state index contributed by atoms with van der Waals surface area (Å²) in [6, 6.07) is 8.73. The minimum absolute atomic E-state index is 0.151. The van der Waals surface area contributed by atoms with E-state index in [1.807, 2.05) is 30.3 Å². The Morgan fingerprint density at radius 1 is 1.38 bits per heavy atom. The molecule has 1 aromatic rings. The maximum absolute atomic E-state index is 11.8. The van der Waals surface area contributed by atoms with Crippen LogP contribution in [0, 0.1) is 0 Å². The van der Waals surface area contributed by atoms with E-state index in [2.05, 4.69) is 5.32 Å². The molecule has 0 spiro atoms. The molecule has 2 atom stereocenters. The highest BCUT2D eigenvalue weighted by molar-refractivity contribution is 5.71. The highest BCUT2D eigenvalue weighted by Crippen LogP contribution is 2.18. The summed E-state index contributed by atoms with van der Waals surface area (Å²) >= 11 is 0. The number of aliphatic carboxylic acids is 1. The number of carbonyl (C=O) groups is 2. The average molecular weight is 293 g/mol. The fraction of sp³-hybridized carbons (Fsp3) is 0.467. The fourth-order valence-corrected chi connectivity index (χ4v) is 2.30. The van der Waals surface area contributed by atoms with Gasteiger partial charge < -0.3 is 19.9 Å². The van der Waals surface area contributed by atoms with Crippen LogP contribution in [0.5, 0.6) is 0 Å². The average Bonchev–Trinajstić information content (AvgIpc) is 2.99. The Kier molecular flexibility index (Phi) is 5.57. The number of benzene rings is 1. The van der Waals surface area contributed by atoms with E-state index in [1.54, 1.807) is 0 Å². The third kappa shape index (κ3) is 5.07. The standard InChI is InChI=1S/C15H19NO5/c17-14(18)9-12(13-7-4-8-20-13)16-15(19)21-10-11-5-2-1-3-6-11/h1-3,5-6,12-13H,4,7-10H2,(H,16,19)(H,17,18)/t12-,13?/m0/s1. The van der Waals surface area contributed by atoms with Gasteiger partial charge in [0.1, 0.15) is 6.61 Å². The van der Waals surface area contributed by atoms with Gasteiger partial charge in [-0.15, -0.1) is 0 Å². The molecule has 0 aromatic heterocycles. The summed E-state index contributed by atoms with van der Waals surface area (Å²) in [5, 5.41) is 11.5. The normalized spacial score (nSPS) is 19.0. The van der Waals surface area contributed by atoms with Crippen molar-refractivity contribution < 1.29 is 24.2 Å². The van der Waals surface area contributed by atoms with Crippen LogP contribution in [-0.4, -0.2) is 35.9 Å². The van der Waals surface area contributed by atoms with E-state index >= 15 is 0 Å². The lowest BCUT2D eigenvalue weighted by molar-refractivity contribution is -0.138. The Bertz CT molecular complexity index is 470. The van der Waals surface area contributed by atoms with Gasteiger partial charge in [-0.05, 0) is 18.4 Å². The second-order valence-electron chi connectivity index (χ2n) is 4.96. The lowest BCUT2D eigenvalue weighted by Gasteiger charge is -2.22. The van der Waals surface area contributed by atoms with Gasteiger partial charge in [0, 0.05) is 6.61 Å². The monoisotopic (exact) mass is 293 g/mol. The molecule has 0 saturated carbocycles. The molecule has 2 N–H and O–H groups in total. The van der Waals surface area contributed by atoms with Crippen LogP contribution in [-0.2, 0) is 20.9 Å². The molecule has 1 aliphatic rings. The van der Waals surface area contributed by atoms with Gasteiger partial charge in [-0.2, -0.15) is 0 Å². The summed E-state index contributed by atoms with van der Waals surface area (Å²) in [6.45, 7) is 0.750. The van der Waals surface area contributed by atoms with E-state index in [4.69, 9.17) is 14.6 Å². The Balaban J connectivity index is 1.83. The van der Waals surface area contributed by atoms with Crippen molar-refractivity contribution in [3.05, 3.63) is 35.9 Å². The quantitative estimate of drug-likeness (QED) is 0.837. The van der Waals surface area contributed by atoms with E-state index in [-0.39, 0.29) is 19.1 Å².